The fourth-order valence-corrected chi connectivity index (χ4v) is 2.76. The zero-order valence-corrected chi connectivity index (χ0v) is 16.8. The van der Waals surface area contributed by atoms with Crippen LogP contribution >= 0.6 is 0 Å². The van der Waals surface area contributed by atoms with Gasteiger partial charge in [0.2, 0.25) is 11.2 Å². The summed E-state index contributed by atoms with van der Waals surface area (Å²) in [6.45, 7) is 9.76. The minimum Gasteiger partial charge on any atom is -0.460 e. The van der Waals surface area contributed by atoms with Crippen molar-refractivity contribution in [1.82, 2.24) is 0 Å². The quantitative estimate of drug-likeness (QED) is 0.439. The summed E-state index contributed by atoms with van der Waals surface area (Å²) in [5.41, 5.74) is 1.84. The van der Waals surface area contributed by atoms with E-state index >= 15 is 0 Å². The summed E-state index contributed by atoms with van der Waals surface area (Å²) in [6.07, 6.45) is 1.57. The highest BCUT2D eigenvalue weighted by Gasteiger charge is 2.18. The van der Waals surface area contributed by atoms with Crippen LogP contribution in [0.5, 0.6) is 17.2 Å². The van der Waals surface area contributed by atoms with Gasteiger partial charge in [-0.25, -0.2) is 0 Å². The van der Waals surface area contributed by atoms with Crippen molar-refractivity contribution in [2.45, 2.75) is 41.0 Å². The third kappa shape index (κ3) is 4.60. The first-order valence-electron chi connectivity index (χ1n) is 9.14. The van der Waals surface area contributed by atoms with Gasteiger partial charge in [-0.15, -0.1) is 0 Å². The van der Waals surface area contributed by atoms with Gasteiger partial charge >= 0.3 is 5.97 Å². The number of ether oxygens (including phenoxy) is 2. The molecule has 0 fully saturated rings. The molecule has 0 N–H and O–H groups in total. The Morgan fingerprint density at radius 3 is 2.50 bits per heavy atom. The molecule has 0 aliphatic carbocycles. The number of rotatable bonds is 4. The molecule has 1 aromatic heterocycles. The van der Waals surface area contributed by atoms with E-state index in [-0.39, 0.29) is 29.0 Å². The summed E-state index contributed by atoms with van der Waals surface area (Å²) in [5.74, 6) is 0.732. The Bertz CT molecular complexity index is 1090. The van der Waals surface area contributed by atoms with Gasteiger partial charge in [-0.2, -0.15) is 0 Å². The minimum atomic E-state index is -0.330. The van der Waals surface area contributed by atoms with E-state index in [0.717, 1.165) is 11.1 Å². The van der Waals surface area contributed by atoms with Gasteiger partial charge in [0.25, 0.3) is 0 Å². The molecule has 0 aliphatic rings. The van der Waals surface area contributed by atoms with Crippen molar-refractivity contribution >= 4 is 16.9 Å². The third-order valence-corrected chi connectivity index (χ3v) is 4.18. The van der Waals surface area contributed by atoms with Crippen LogP contribution in [0.4, 0.5) is 0 Å². The van der Waals surface area contributed by atoms with Gasteiger partial charge in [0.15, 0.2) is 0 Å². The van der Waals surface area contributed by atoms with Gasteiger partial charge in [0.1, 0.15) is 23.3 Å². The van der Waals surface area contributed by atoms with E-state index in [2.05, 4.69) is 0 Å². The largest absolute Gasteiger partial charge is 0.460 e. The topological polar surface area (TPSA) is 65.7 Å². The molecule has 0 spiro atoms. The molecule has 0 unspecified atom stereocenters. The lowest BCUT2D eigenvalue weighted by Gasteiger charge is -2.16. The predicted octanol–water partition coefficient (Wildman–Crippen LogP) is 5.54. The fourth-order valence-electron chi connectivity index (χ4n) is 2.76. The molecular weight excluding hydrogens is 356 g/mol. The first kappa shape index (κ1) is 19.7. The van der Waals surface area contributed by atoms with Crippen LogP contribution in [0.2, 0.25) is 0 Å². The number of esters is 1. The van der Waals surface area contributed by atoms with Crippen LogP contribution in [0.25, 0.3) is 11.0 Å². The van der Waals surface area contributed by atoms with Crippen LogP contribution in [0, 0.1) is 19.3 Å². The normalized spacial score (nSPS) is 11.5. The molecule has 0 saturated heterocycles. The van der Waals surface area contributed by atoms with E-state index in [9.17, 15) is 9.59 Å². The molecule has 28 heavy (non-hydrogen) atoms. The van der Waals surface area contributed by atoms with Crippen molar-refractivity contribution in [2.24, 2.45) is 5.41 Å². The van der Waals surface area contributed by atoms with Crippen molar-refractivity contribution in [2.75, 3.05) is 0 Å². The number of aryl methyl sites for hydroxylation is 2. The smallest absolute Gasteiger partial charge is 0.311 e. The van der Waals surface area contributed by atoms with Crippen LogP contribution in [-0.4, -0.2) is 5.97 Å². The van der Waals surface area contributed by atoms with E-state index in [0.29, 0.717) is 22.5 Å². The van der Waals surface area contributed by atoms with Gasteiger partial charge in [0.05, 0.1) is 11.8 Å². The molecule has 0 atom stereocenters. The van der Waals surface area contributed by atoms with Gasteiger partial charge in [0, 0.05) is 6.07 Å². The maximum atomic E-state index is 12.8. The molecule has 5 nitrogen and oxygen atoms in total. The second kappa shape index (κ2) is 7.50. The van der Waals surface area contributed by atoms with E-state index in [1.807, 2.05) is 52.8 Å². The molecule has 0 bridgehead atoms. The number of hydrogen-bond acceptors (Lipinski definition) is 5. The monoisotopic (exact) mass is 380 g/mol. The number of fused-ring (bicyclic) bond motifs is 1. The molecule has 0 radical (unpaired) electrons. The van der Waals surface area contributed by atoms with Gasteiger partial charge in [-0.1, -0.05) is 32.9 Å². The molecule has 2 aromatic carbocycles. The summed E-state index contributed by atoms with van der Waals surface area (Å²) < 4.78 is 16.7. The van der Waals surface area contributed by atoms with Crippen molar-refractivity contribution in [3.05, 3.63) is 64.0 Å². The number of benzene rings is 2. The van der Waals surface area contributed by atoms with Crippen LogP contribution in [0.15, 0.2) is 51.9 Å². The second-order valence-electron chi connectivity index (χ2n) is 8.17. The highest BCUT2D eigenvalue weighted by atomic mass is 16.5. The molecule has 0 saturated carbocycles. The average Bonchev–Trinajstić information content (AvgIpc) is 2.59. The highest BCUT2D eigenvalue weighted by Crippen LogP contribution is 2.27. The highest BCUT2D eigenvalue weighted by molar-refractivity contribution is 5.81. The fraction of sp³-hybridized carbons (Fsp3) is 0.304. The Kier molecular flexibility index (Phi) is 5.27. The summed E-state index contributed by atoms with van der Waals surface area (Å²) in [6, 6.07) is 10.5. The van der Waals surface area contributed by atoms with Crippen LogP contribution < -0.4 is 14.9 Å². The molecule has 0 aliphatic heterocycles. The van der Waals surface area contributed by atoms with Crippen LogP contribution in [0.3, 0.4) is 0 Å². The van der Waals surface area contributed by atoms with Crippen molar-refractivity contribution in [3.63, 3.8) is 0 Å². The minimum absolute atomic E-state index is 0.110. The standard InChI is InChI=1S/C23H24O5/c1-14-6-7-15(2)18(10-14)28-20-13-26-19-11-16(8-9-17(19)22(20)25)27-21(24)12-23(3,4)5/h6-11,13H,12H2,1-5H3. The van der Waals surface area contributed by atoms with E-state index < -0.39 is 0 Å². The Morgan fingerprint density at radius 2 is 1.79 bits per heavy atom. The molecule has 1 heterocycles. The lowest BCUT2D eigenvalue weighted by Crippen LogP contribution is -2.17. The van der Waals surface area contributed by atoms with E-state index in [1.54, 1.807) is 18.2 Å². The van der Waals surface area contributed by atoms with Crippen LogP contribution in [0.1, 0.15) is 38.3 Å². The molecule has 5 heteroatoms. The number of carbonyl (C=O) groups is 1. The van der Waals surface area contributed by atoms with Crippen LogP contribution in [-0.2, 0) is 4.79 Å². The van der Waals surface area contributed by atoms with E-state index in [1.165, 1.54) is 6.26 Å². The summed E-state index contributed by atoms with van der Waals surface area (Å²) in [4.78, 5) is 24.8. The third-order valence-electron chi connectivity index (χ3n) is 4.18. The zero-order chi connectivity index (χ0) is 20.5. The molecular formula is C23H24O5. The van der Waals surface area contributed by atoms with E-state index in [4.69, 9.17) is 13.9 Å². The number of carbonyl (C=O) groups excluding carboxylic acids is 1. The Hall–Kier alpha value is -3.08. The first-order chi connectivity index (χ1) is 13.1. The summed E-state index contributed by atoms with van der Waals surface area (Å²) >= 11 is 0. The van der Waals surface area contributed by atoms with Crippen molar-refractivity contribution in [3.8, 4) is 17.2 Å². The van der Waals surface area contributed by atoms with Gasteiger partial charge < -0.3 is 13.9 Å². The summed E-state index contributed by atoms with van der Waals surface area (Å²) in [7, 11) is 0. The Balaban J connectivity index is 1.87. The predicted molar refractivity (Wildman–Crippen MR) is 108 cm³/mol. The number of hydrogen-bond donors (Lipinski definition) is 0. The maximum Gasteiger partial charge on any atom is 0.311 e. The Labute approximate surface area is 163 Å². The molecule has 0 amide bonds. The second-order valence-corrected chi connectivity index (χ2v) is 8.17. The molecule has 146 valence electrons. The molecule has 3 aromatic rings. The van der Waals surface area contributed by atoms with Crippen molar-refractivity contribution < 1.29 is 18.7 Å². The average molecular weight is 380 g/mol. The summed E-state index contributed by atoms with van der Waals surface area (Å²) in [5, 5.41) is 0.360. The molecule has 3 rings (SSSR count). The zero-order valence-electron chi connectivity index (χ0n) is 16.8. The maximum absolute atomic E-state index is 12.8. The lowest BCUT2D eigenvalue weighted by molar-refractivity contribution is -0.136. The SMILES string of the molecule is Cc1ccc(C)c(Oc2coc3cc(OC(=O)CC(C)(C)C)ccc3c2=O)c1. The van der Waals surface area contributed by atoms with Gasteiger partial charge in [-0.3, -0.25) is 9.59 Å². The Morgan fingerprint density at radius 1 is 1.04 bits per heavy atom. The van der Waals surface area contributed by atoms with Crippen molar-refractivity contribution in [1.29, 1.82) is 0 Å². The first-order valence-corrected chi connectivity index (χ1v) is 9.14. The van der Waals surface area contributed by atoms with Gasteiger partial charge in [-0.05, 0) is 48.6 Å². The lowest BCUT2D eigenvalue weighted by atomic mass is 9.92.